The first-order chi connectivity index (χ1) is 70.3. The summed E-state index contributed by atoms with van der Waals surface area (Å²) < 4.78 is 0. The van der Waals surface area contributed by atoms with Crippen LogP contribution in [0.5, 0.6) is 0 Å². The van der Waals surface area contributed by atoms with Crippen LogP contribution in [0, 0.1) is 0 Å². The summed E-state index contributed by atoms with van der Waals surface area (Å²) in [6, 6.07) is 137. The molecule has 6 aliphatic carbocycles. The molecule has 0 saturated carbocycles. The molecule has 0 aromatic heterocycles. The molecule has 12 nitrogen and oxygen atoms in total. The van der Waals surface area contributed by atoms with Crippen LogP contribution in [-0.2, 0) is 0 Å². The van der Waals surface area contributed by atoms with Gasteiger partial charge in [-0.15, -0.1) is 0 Å². The zero-order chi connectivity index (χ0) is 97.6. The van der Waals surface area contributed by atoms with Gasteiger partial charge < -0.3 is 60.3 Å². The minimum atomic E-state index is -1.69. The summed E-state index contributed by atoms with van der Waals surface area (Å²) in [5, 5.41) is 127. The molecule has 0 unspecified atom stereocenters. The van der Waals surface area contributed by atoms with Crippen LogP contribution in [0.3, 0.4) is 0 Å². The van der Waals surface area contributed by atoms with Crippen molar-refractivity contribution in [2.45, 2.75) is 0 Å². The second-order valence-electron chi connectivity index (χ2n) is 37.7. The fraction of sp³-hybridized carbons (Fsp3) is 0. The Morgan fingerprint density at radius 2 is 0.236 bits per heavy atom. The van der Waals surface area contributed by atoms with E-state index in [0.717, 1.165) is 267 Å². The number of hydrogen-bond donors (Lipinski definition) is 12. The van der Waals surface area contributed by atoms with Gasteiger partial charge in [0.15, 0.2) is 0 Å². The Morgan fingerprint density at radius 3 is 0.361 bits per heavy atom. The Balaban J connectivity index is 0.889. The average Bonchev–Trinajstić information content (AvgIpc) is 1.26. The molecule has 19 aromatic rings. The Morgan fingerprint density at radius 1 is 0.118 bits per heavy atom. The van der Waals surface area contributed by atoms with Gasteiger partial charge in [0.25, 0.3) is 0 Å². The van der Waals surface area contributed by atoms with E-state index >= 15 is 0 Å². The predicted octanol–water partition coefficient (Wildman–Crippen LogP) is 19.2. The van der Waals surface area contributed by atoms with Crippen LogP contribution < -0.4 is 32.8 Å². The van der Waals surface area contributed by atoms with E-state index in [0.29, 0.717) is 32.8 Å². The first kappa shape index (κ1) is 88.9. The van der Waals surface area contributed by atoms with Crippen LogP contribution in [0.15, 0.2) is 400 Å². The molecule has 0 fully saturated rings. The van der Waals surface area contributed by atoms with E-state index in [1.807, 2.05) is 72.8 Å². The quantitative estimate of drug-likeness (QED) is 0.0359. The summed E-state index contributed by atoms with van der Waals surface area (Å²) in [7, 11) is -10.1. The zero-order valence-electron chi connectivity index (χ0n) is 77.4. The van der Waals surface area contributed by atoms with Crippen molar-refractivity contribution in [3.63, 3.8) is 0 Å². The first-order valence-corrected chi connectivity index (χ1v) is 48.1. The van der Waals surface area contributed by atoms with Crippen LogP contribution in [0.1, 0.15) is 100 Å². The van der Waals surface area contributed by atoms with E-state index in [9.17, 15) is 60.3 Å². The van der Waals surface area contributed by atoms with E-state index in [-0.39, 0.29) is 0 Å². The molecular weight excluding hydrogens is 1770 g/mol. The van der Waals surface area contributed by atoms with Gasteiger partial charge in [-0.2, -0.15) is 0 Å². The molecule has 18 heteroatoms. The second-order valence-corrected chi connectivity index (χ2v) is 37.7. The largest absolute Gasteiger partial charge is 0.488 e. The van der Waals surface area contributed by atoms with Gasteiger partial charge >= 0.3 is 42.7 Å². The third kappa shape index (κ3) is 15.4. The molecule has 0 aliphatic heterocycles. The Bertz CT molecular complexity index is 7440. The van der Waals surface area contributed by atoms with Crippen molar-refractivity contribution in [2.75, 3.05) is 0 Å². The van der Waals surface area contributed by atoms with Gasteiger partial charge in [-0.1, -0.05) is 364 Å². The molecule has 678 valence electrons. The van der Waals surface area contributed by atoms with Gasteiger partial charge in [0.1, 0.15) is 0 Å². The normalized spacial score (nSPS) is 14.3. The second kappa shape index (κ2) is 35.9. The summed E-state index contributed by atoms with van der Waals surface area (Å²) >= 11 is 0. The third-order valence-corrected chi connectivity index (χ3v) is 29.4. The highest BCUT2D eigenvalue weighted by Gasteiger charge is 2.39. The number of rotatable bonds is 18. The van der Waals surface area contributed by atoms with Crippen molar-refractivity contribution in [1.29, 1.82) is 0 Å². The number of fused-ring (bicyclic) bond motifs is 18. The van der Waals surface area contributed by atoms with Crippen molar-refractivity contribution in [2.24, 2.45) is 0 Å². The molecule has 0 bridgehead atoms. The lowest BCUT2D eigenvalue weighted by Crippen LogP contribution is -2.29. The molecular formula is C126H84B6O12. The minimum Gasteiger partial charge on any atom is -0.423 e. The molecule has 0 radical (unpaired) electrons. The summed E-state index contributed by atoms with van der Waals surface area (Å²) in [5.41, 5.74) is 47.1. The Labute approximate surface area is 834 Å². The zero-order valence-corrected chi connectivity index (χ0v) is 77.4. The maximum Gasteiger partial charge on any atom is 0.488 e. The third-order valence-electron chi connectivity index (χ3n) is 29.4. The van der Waals surface area contributed by atoms with Gasteiger partial charge in [0.05, 0.1) is 0 Å². The van der Waals surface area contributed by atoms with Gasteiger partial charge in [-0.25, -0.2) is 0 Å². The SMILES string of the molecule is OB(O)c1ccc(/C=C2\c3ccccc3-c3ccc(-c4c(-c5ccc6c(c5)/C(=C/c5ccc(B(O)O)cc5)c5ccccc5-6)c(-c5ccc6c(c5)/C(=C/c5ccc(B(O)O)cc5)c5ccccc5-6)c(-c5ccc6c(c5)/C(=C/c5ccc(B(O)O)cc5)c5ccccc5-6)c(-c5ccc6c(c5)/C(=C/c5ccc(B(O)O)cc5)c5ccccc5-6)c4-c4ccc5c(c4)/C(=C/c4ccc(B(O)O)cc4)c4ccccc4-5)cc32)cc1. The summed E-state index contributed by atoms with van der Waals surface area (Å²) in [6.07, 6.45) is 13.2. The molecule has 25 rings (SSSR count). The molecule has 6 aliphatic rings. The van der Waals surface area contributed by atoms with Crippen molar-refractivity contribution in [1.82, 2.24) is 0 Å². The van der Waals surface area contributed by atoms with Gasteiger partial charge in [0, 0.05) is 0 Å². The van der Waals surface area contributed by atoms with Crippen molar-refractivity contribution < 1.29 is 60.3 Å². The van der Waals surface area contributed by atoms with Crippen LogP contribution >= 0.6 is 0 Å². The van der Waals surface area contributed by atoms with Crippen LogP contribution in [0.2, 0.25) is 0 Å². The average molecular weight is 1850 g/mol. The maximum absolute atomic E-state index is 10.6. The molecule has 19 aromatic carbocycles. The first-order valence-electron chi connectivity index (χ1n) is 48.1. The smallest absolute Gasteiger partial charge is 0.423 e. The highest BCUT2D eigenvalue weighted by Crippen LogP contribution is 2.63. The van der Waals surface area contributed by atoms with Crippen LogP contribution in [-0.4, -0.2) is 103 Å². The van der Waals surface area contributed by atoms with Crippen molar-refractivity contribution in [3.05, 3.63) is 501 Å². The Kier molecular flexibility index (Phi) is 22.2. The molecule has 0 saturated heterocycles. The molecule has 144 heavy (non-hydrogen) atoms. The Hall–Kier alpha value is -16.5. The minimum absolute atomic E-state index is 0.354. The molecule has 12 N–H and O–H groups in total. The molecule has 0 amide bonds. The molecule has 0 atom stereocenters. The van der Waals surface area contributed by atoms with E-state index < -0.39 is 42.7 Å². The van der Waals surface area contributed by atoms with E-state index in [4.69, 9.17) is 0 Å². The lowest BCUT2D eigenvalue weighted by Gasteiger charge is -2.30. The fourth-order valence-electron chi connectivity index (χ4n) is 22.5. The van der Waals surface area contributed by atoms with Gasteiger partial charge in [-0.05, 0) is 373 Å². The van der Waals surface area contributed by atoms with E-state index in [1.165, 1.54) is 0 Å². The van der Waals surface area contributed by atoms with Gasteiger partial charge in [0.2, 0.25) is 0 Å². The lowest BCUT2D eigenvalue weighted by atomic mass is 9.72. The summed E-state index contributed by atoms with van der Waals surface area (Å²) in [6.45, 7) is 0. The van der Waals surface area contributed by atoms with E-state index in [1.54, 1.807) is 72.8 Å². The van der Waals surface area contributed by atoms with Crippen LogP contribution in [0.4, 0.5) is 0 Å². The summed E-state index contributed by atoms with van der Waals surface area (Å²) in [5.74, 6) is 0. The van der Waals surface area contributed by atoms with E-state index in [2.05, 4.69) is 291 Å². The fourth-order valence-corrected chi connectivity index (χ4v) is 22.5. The lowest BCUT2D eigenvalue weighted by molar-refractivity contribution is 0.424. The highest BCUT2D eigenvalue weighted by atomic mass is 16.4. The van der Waals surface area contributed by atoms with Crippen molar-refractivity contribution >= 4 is 145 Å². The molecule has 0 spiro atoms. The van der Waals surface area contributed by atoms with Crippen molar-refractivity contribution in [3.8, 4) is 134 Å². The molecule has 0 heterocycles. The standard InChI is InChI=1S/C126H84B6O12/c133-127(134)85-43-25-73(26-44-85)61-109-97-19-7-1-13-91(97)103-55-37-79(67-115(103)109)121-122(80-38-56-104-92-14-2-8-20-98(92)110(116(104)68-80)62-74-27-45-86(46-28-74)128(135)136)124(82-40-58-106-94-16-4-10-22-100(94)112(118(106)70-82)64-76-31-49-88(50-32-76)130(139)140)126(84-42-60-108-96-18-6-12-24-102(96)114(120(108)72-84)66-78-35-53-90(54-36-78)132(143)144)125(83-41-59-107-95-17-5-11-23-101(95)113(119(107)71-83)65-77-33-51-89(52-34-77)131(141)142)123(121)81-39-57-105-93-15-3-9-21-99(93)111(117(105)69-81)63-75-29-47-87(48-30-75)129(137)138/h1-72,133-144H/b109-61+,110-62+,111-63+,112-64+,113-65+,114-66+. The highest BCUT2D eigenvalue weighted by molar-refractivity contribution is 6.60. The predicted molar refractivity (Wildman–Crippen MR) is 591 cm³/mol. The number of benzene rings is 19. The number of hydrogen-bond acceptors (Lipinski definition) is 12. The maximum atomic E-state index is 10.6. The summed E-state index contributed by atoms with van der Waals surface area (Å²) in [4.78, 5) is 0. The van der Waals surface area contributed by atoms with Crippen LogP contribution in [0.25, 0.3) is 203 Å². The van der Waals surface area contributed by atoms with Gasteiger partial charge in [-0.3, -0.25) is 0 Å². The topological polar surface area (TPSA) is 243 Å². The monoisotopic (exact) mass is 1850 g/mol.